The molecule has 0 aromatic heterocycles. The summed E-state index contributed by atoms with van der Waals surface area (Å²) in [4.78, 5) is 28.3. The van der Waals surface area contributed by atoms with Gasteiger partial charge in [0, 0.05) is 18.2 Å². The number of anilines is 1. The van der Waals surface area contributed by atoms with Crippen LogP contribution in [0.25, 0.3) is 11.1 Å². The number of amides is 1. The van der Waals surface area contributed by atoms with Crippen molar-refractivity contribution in [1.82, 2.24) is 4.90 Å². The lowest BCUT2D eigenvalue weighted by Crippen LogP contribution is -2.61. The highest BCUT2D eigenvalue weighted by Crippen LogP contribution is 2.41. The molecule has 2 bridgehead atoms. The smallest absolute Gasteiger partial charge is 0.411 e. The molecule has 208 valence electrons. The van der Waals surface area contributed by atoms with E-state index in [1.165, 1.54) is 0 Å². The molecule has 2 aromatic carbocycles. The van der Waals surface area contributed by atoms with Gasteiger partial charge in [0.15, 0.2) is 5.78 Å². The van der Waals surface area contributed by atoms with Crippen LogP contribution in [0.1, 0.15) is 58.4 Å². The largest absolute Gasteiger partial charge is 0.444 e. The van der Waals surface area contributed by atoms with Gasteiger partial charge in [0.05, 0.1) is 24.3 Å². The van der Waals surface area contributed by atoms with Crippen LogP contribution in [-0.2, 0) is 26.0 Å². The van der Waals surface area contributed by atoms with Gasteiger partial charge in [-0.15, -0.1) is 0 Å². The molecule has 2 aliphatic heterocycles. The van der Waals surface area contributed by atoms with Gasteiger partial charge in [0.1, 0.15) is 5.60 Å². The predicted octanol–water partition coefficient (Wildman–Crippen LogP) is 5.54. The molecule has 9 heteroatoms. The van der Waals surface area contributed by atoms with Gasteiger partial charge in [0.25, 0.3) is 0 Å². The Balaban J connectivity index is 1.41. The number of carbonyl (C=O) groups is 2. The first-order valence-electron chi connectivity index (χ1n) is 13.4. The van der Waals surface area contributed by atoms with Crippen molar-refractivity contribution in [1.29, 1.82) is 5.26 Å². The van der Waals surface area contributed by atoms with Gasteiger partial charge in [-0.2, -0.15) is 5.26 Å². The fraction of sp³-hybridized carbons (Fsp3) is 0.500. The van der Waals surface area contributed by atoms with Crippen molar-refractivity contribution >= 4 is 27.6 Å². The lowest BCUT2D eigenvalue weighted by Gasteiger charge is -2.50. The molecule has 0 unspecified atom stereocenters. The van der Waals surface area contributed by atoms with E-state index < -0.39 is 33.7 Å². The average molecular weight is 552 g/mol. The molecule has 1 saturated carbocycles. The monoisotopic (exact) mass is 551 g/mol. The van der Waals surface area contributed by atoms with Gasteiger partial charge >= 0.3 is 6.09 Å². The zero-order valence-electron chi connectivity index (χ0n) is 23.0. The van der Waals surface area contributed by atoms with E-state index in [0.29, 0.717) is 12.1 Å². The summed E-state index contributed by atoms with van der Waals surface area (Å²) in [7, 11) is -3.33. The van der Waals surface area contributed by atoms with Crippen LogP contribution in [-0.4, -0.2) is 49.1 Å². The van der Waals surface area contributed by atoms with E-state index in [1.54, 1.807) is 17.0 Å². The van der Waals surface area contributed by atoms with E-state index in [1.807, 2.05) is 57.2 Å². The van der Waals surface area contributed by atoms with Gasteiger partial charge in [-0.05, 0) is 87.6 Å². The Labute approximate surface area is 231 Å². The lowest BCUT2D eigenvalue weighted by atomic mass is 9.72. The first-order valence-corrected chi connectivity index (χ1v) is 15.3. The molecule has 1 aliphatic carbocycles. The maximum Gasteiger partial charge on any atom is 0.411 e. The summed E-state index contributed by atoms with van der Waals surface area (Å²) in [6, 6.07) is 16.7. The molecule has 8 nitrogen and oxygen atoms in total. The van der Waals surface area contributed by atoms with Crippen molar-refractivity contribution in [3.63, 3.8) is 0 Å². The van der Waals surface area contributed by atoms with Crippen LogP contribution in [0.3, 0.4) is 0 Å². The number of carbonyl (C=O) groups excluding carboxylic acids is 2. The minimum atomic E-state index is -3.33. The van der Waals surface area contributed by atoms with E-state index in [9.17, 15) is 23.3 Å². The van der Waals surface area contributed by atoms with Crippen molar-refractivity contribution in [2.45, 2.75) is 77.0 Å². The van der Waals surface area contributed by atoms with Gasteiger partial charge in [-0.1, -0.05) is 36.4 Å². The summed E-state index contributed by atoms with van der Waals surface area (Å²) in [5, 5.41) is 9.88. The number of rotatable bonds is 8. The van der Waals surface area contributed by atoms with E-state index >= 15 is 0 Å². The molecule has 2 heterocycles. The van der Waals surface area contributed by atoms with E-state index in [-0.39, 0.29) is 24.2 Å². The highest BCUT2D eigenvalue weighted by molar-refractivity contribution is 7.92. The fourth-order valence-electron chi connectivity index (χ4n) is 5.73. The summed E-state index contributed by atoms with van der Waals surface area (Å²) in [6.07, 6.45) is 4.83. The second kappa shape index (κ2) is 11.4. The first kappa shape index (κ1) is 28.6. The van der Waals surface area contributed by atoms with Crippen LogP contribution >= 0.6 is 0 Å². The van der Waals surface area contributed by atoms with Crippen molar-refractivity contribution in [3.8, 4) is 17.2 Å². The third-order valence-electron chi connectivity index (χ3n) is 7.40. The molecule has 0 spiro atoms. The summed E-state index contributed by atoms with van der Waals surface area (Å²) >= 11 is 0. The second-order valence-corrected chi connectivity index (χ2v) is 13.5. The number of hydrogen-bond donors (Lipinski definition) is 1. The molecule has 2 aromatic rings. The minimum Gasteiger partial charge on any atom is -0.444 e. The van der Waals surface area contributed by atoms with Gasteiger partial charge in [-0.25, -0.2) is 13.2 Å². The Bertz CT molecular complexity index is 1330. The number of fused-ring (bicyclic) bond motifs is 3. The van der Waals surface area contributed by atoms with Crippen molar-refractivity contribution in [2.75, 3.05) is 11.0 Å². The molecule has 1 N–H and O–H groups in total. The van der Waals surface area contributed by atoms with Crippen LogP contribution in [0.5, 0.6) is 0 Å². The molecule has 2 saturated heterocycles. The number of piperidine rings is 2. The molecular formula is C30H37N3O5S. The normalized spacial score (nSPS) is 21.6. The standard InChI is InChI=1S/C30H37N3O5S/c1-30(2,3)38-29(35)33-26-15-11-24(12-16-26)28(33)27(34)18-21(19-31)17-20-5-7-22(8-6-20)23-9-13-25(14-10-23)32-39(4,36)37/h5-10,13-14,21,24,26,28,32H,11-12,15-18H2,1-4H3/t21-,24?,26?,28+/m1/s1. The Kier molecular flexibility index (Phi) is 8.36. The number of nitrogens with zero attached hydrogens (tertiary/aromatic N) is 2. The second-order valence-electron chi connectivity index (χ2n) is 11.8. The van der Waals surface area contributed by atoms with E-state index in [2.05, 4.69) is 10.8 Å². The third kappa shape index (κ3) is 7.39. The van der Waals surface area contributed by atoms with Crippen LogP contribution in [0.4, 0.5) is 10.5 Å². The molecule has 1 amide bonds. The summed E-state index contributed by atoms with van der Waals surface area (Å²) in [5.74, 6) is -0.431. The van der Waals surface area contributed by atoms with Crippen LogP contribution in [0.2, 0.25) is 0 Å². The molecule has 2 atom stereocenters. The number of benzene rings is 2. The summed E-state index contributed by atoms with van der Waals surface area (Å²) in [6.45, 7) is 5.48. The minimum absolute atomic E-state index is 0.0168. The van der Waals surface area contributed by atoms with Crippen LogP contribution < -0.4 is 4.72 Å². The Morgan fingerprint density at radius 3 is 2.10 bits per heavy atom. The number of sulfonamides is 1. The number of nitriles is 1. The van der Waals surface area contributed by atoms with Gasteiger partial charge < -0.3 is 4.74 Å². The van der Waals surface area contributed by atoms with E-state index in [4.69, 9.17) is 4.74 Å². The number of ketones is 1. The zero-order valence-corrected chi connectivity index (χ0v) is 23.8. The maximum absolute atomic E-state index is 13.5. The van der Waals surface area contributed by atoms with Crippen LogP contribution in [0.15, 0.2) is 48.5 Å². The van der Waals surface area contributed by atoms with Crippen molar-refractivity contribution < 1.29 is 22.7 Å². The Morgan fingerprint density at radius 2 is 1.59 bits per heavy atom. The fourth-order valence-corrected chi connectivity index (χ4v) is 6.30. The number of ether oxygens (including phenoxy) is 1. The third-order valence-corrected chi connectivity index (χ3v) is 8.01. The quantitative estimate of drug-likeness (QED) is 0.460. The number of hydrogen-bond acceptors (Lipinski definition) is 6. The SMILES string of the molecule is CC(C)(C)OC(=O)N1C2CCC(CC2)[C@H]1C(=O)C[C@H](C#N)Cc1ccc(-c2ccc(NS(C)(=O)=O)cc2)cc1. The topological polar surface area (TPSA) is 117 Å². The molecule has 39 heavy (non-hydrogen) atoms. The molecular weight excluding hydrogens is 514 g/mol. The molecule has 3 fully saturated rings. The molecule has 0 radical (unpaired) electrons. The Hall–Kier alpha value is -3.38. The zero-order chi connectivity index (χ0) is 28.4. The summed E-state index contributed by atoms with van der Waals surface area (Å²) < 4.78 is 30.9. The van der Waals surface area contributed by atoms with E-state index in [0.717, 1.165) is 48.6 Å². The summed E-state index contributed by atoms with van der Waals surface area (Å²) in [5.41, 5.74) is 2.69. The highest BCUT2D eigenvalue weighted by atomic mass is 32.2. The van der Waals surface area contributed by atoms with Crippen molar-refractivity contribution in [2.24, 2.45) is 11.8 Å². The van der Waals surface area contributed by atoms with Gasteiger partial charge in [0.2, 0.25) is 10.0 Å². The maximum atomic E-state index is 13.5. The van der Waals surface area contributed by atoms with Crippen LogP contribution in [0, 0.1) is 23.2 Å². The Morgan fingerprint density at radius 1 is 1.03 bits per heavy atom. The molecule has 5 rings (SSSR count). The average Bonchev–Trinajstić information content (AvgIpc) is 2.87. The highest BCUT2D eigenvalue weighted by Gasteiger charge is 2.48. The first-order chi connectivity index (χ1) is 18.3. The number of Topliss-reactive ketones (excluding diaryl/α,β-unsaturated/α-hetero) is 1. The molecule has 3 aliphatic rings. The lowest BCUT2D eigenvalue weighted by molar-refractivity contribution is -0.133. The van der Waals surface area contributed by atoms with Gasteiger partial charge in [-0.3, -0.25) is 14.4 Å². The van der Waals surface area contributed by atoms with Crippen molar-refractivity contribution in [3.05, 3.63) is 54.1 Å². The predicted molar refractivity (Wildman–Crippen MR) is 150 cm³/mol. The number of nitrogens with one attached hydrogen (secondary N) is 1.